The monoisotopic (exact) mass is 495 g/mol. The number of nitrogens with one attached hydrogen (secondary N) is 1. The number of nitrogens with zero attached hydrogens (tertiary/aromatic N) is 2. The molecular weight excluding hydrogens is 470 g/mol. The minimum atomic E-state index is -0.233. The van der Waals surface area contributed by atoms with E-state index in [9.17, 15) is 14.4 Å². The van der Waals surface area contributed by atoms with Gasteiger partial charge in [0.2, 0.25) is 0 Å². The van der Waals surface area contributed by atoms with Gasteiger partial charge in [-0.15, -0.1) is 11.3 Å². The molecule has 3 heterocycles. The fourth-order valence-corrected chi connectivity index (χ4v) is 7.52. The maximum Gasteiger partial charge on any atom is 0.263 e. The van der Waals surface area contributed by atoms with Crippen LogP contribution in [0.25, 0.3) is 10.2 Å². The topological polar surface area (TPSA) is 90.3 Å². The Bertz CT molecular complexity index is 1370. The summed E-state index contributed by atoms with van der Waals surface area (Å²) in [6.07, 6.45) is 8.46. The summed E-state index contributed by atoms with van der Waals surface area (Å²) in [5.41, 5.74) is 2.29. The third kappa shape index (κ3) is 3.84. The zero-order valence-corrected chi connectivity index (χ0v) is 20.4. The number of carbonyl (C=O) groups is 2. The van der Waals surface area contributed by atoms with Crippen molar-refractivity contribution in [2.24, 2.45) is 0 Å². The lowest BCUT2D eigenvalue weighted by atomic mass is 9.97. The van der Waals surface area contributed by atoms with E-state index in [2.05, 4.69) is 5.32 Å². The number of thioether (sulfide) groups is 1. The number of hydrogen-bond donors (Lipinski definition) is 1. The van der Waals surface area contributed by atoms with Crippen LogP contribution in [0.15, 0.2) is 28.2 Å². The van der Waals surface area contributed by atoms with Gasteiger partial charge in [0, 0.05) is 16.5 Å². The fraction of sp³-hybridized carbons (Fsp3) is 0.440. The first-order chi connectivity index (χ1) is 16.6. The summed E-state index contributed by atoms with van der Waals surface area (Å²) in [7, 11) is 0. The molecule has 1 saturated carbocycles. The Hall–Kier alpha value is -2.65. The molecule has 1 aliphatic heterocycles. The molecule has 0 atom stereocenters. The number of ether oxygens (including phenoxy) is 1. The standard InChI is InChI=1S/C25H25N3O4S2/c29-18(14-9-10-19-17(11-14)26-21(30)12-32-19)13-33-25-27-23-22(16-7-3-4-8-20(16)34-23)24(31)28(25)15-5-1-2-6-15/h9-11,15H,1-8,12-13H2,(H,26,30). The molecule has 0 unspecified atom stereocenters. The first kappa shape index (κ1) is 21.9. The Labute approximate surface area is 204 Å². The van der Waals surface area contributed by atoms with E-state index in [1.54, 1.807) is 29.5 Å². The summed E-state index contributed by atoms with van der Waals surface area (Å²) in [6, 6.07) is 5.23. The Morgan fingerprint density at radius 2 is 2.00 bits per heavy atom. The summed E-state index contributed by atoms with van der Waals surface area (Å²) < 4.78 is 7.27. The first-order valence-electron chi connectivity index (χ1n) is 11.9. The van der Waals surface area contributed by atoms with Gasteiger partial charge in [0.1, 0.15) is 10.6 Å². The number of amides is 1. The molecule has 1 fully saturated rings. The molecule has 0 radical (unpaired) electrons. The van der Waals surface area contributed by atoms with E-state index >= 15 is 0 Å². The van der Waals surface area contributed by atoms with E-state index in [0.717, 1.165) is 55.2 Å². The summed E-state index contributed by atoms with van der Waals surface area (Å²) in [5, 5.41) is 4.20. The Kier molecular flexibility index (Phi) is 5.69. The molecule has 1 amide bonds. The van der Waals surface area contributed by atoms with Crippen molar-refractivity contribution in [2.75, 3.05) is 17.7 Å². The Balaban J connectivity index is 1.33. The number of ketones is 1. The lowest BCUT2D eigenvalue weighted by Gasteiger charge is -2.19. The molecule has 3 aliphatic rings. The van der Waals surface area contributed by atoms with Gasteiger partial charge in [-0.05, 0) is 62.3 Å². The first-order valence-corrected chi connectivity index (χ1v) is 13.7. The van der Waals surface area contributed by atoms with Crippen molar-refractivity contribution in [3.05, 3.63) is 44.6 Å². The van der Waals surface area contributed by atoms with E-state index in [1.165, 1.54) is 28.6 Å². The van der Waals surface area contributed by atoms with Crippen LogP contribution >= 0.6 is 23.1 Å². The molecule has 2 aromatic heterocycles. The minimum Gasteiger partial charge on any atom is -0.482 e. The molecular formula is C25H25N3O4S2. The van der Waals surface area contributed by atoms with Gasteiger partial charge in [-0.25, -0.2) is 4.98 Å². The molecule has 1 aromatic carbocycles. The highest BCUT2D eigenvalue weighted by atomic mass is 32.2. The molecule has 9 heteroatoms. The molecule has 7 nitrogen and oxygen atoms in total. The molecule has 2 aliphatic carbocycles. The lowest BCUT2D eigenvalue weighted by Crippen LogP contribution is -2.27. The Morgan fingerprint density at radius 1 is 1.18 bits per heavy atom. The van der Waals surface area contributed by atoms with E-state index in [1.807, 2.05) is 4.57 Å². The summed E-state index contributed by atoms with van der Waals surface area (Å²) in [5.74, 6) is 0.421. The van der Waals surface area contributed by atoms with Gasteiger partial charge in [0.15, 0.2) is 17.5 Å². The second-order valence-corrected chi connectivity index (χ2v) is 11.2. The largest absolute Gasteiger partial charge is 0.482 e. The van der Waals surface area contributed by atoms with Crippen LogP contribution < -0.4 is 15.6 Å². The smallest absolute Gasteiger partial charge is 0.263 e. The van der Waals surface area contributed by atoms with Crippen LogP contribution in [0.5, 0.6) is 5.75 Å². The summed E-state index contributed by atoms with van der Waals surface area (Å²) in [4.78, 5) is 45.5. The number of benzene rings is 1. The Morgan fingerprint density at radius 3 is 2.85 bits per heavy atom. The van der Waals surface area contributed by atoms with E-state index in [0.29, 0.717) is 22.2 Å². The van der Waals surface area contributed by atoms with Crippen molar-refractivity contribution in [2.45, 2.75) is 62.6 Å². The number of fused-ring (bicyclic) bond motifs is 4. The van der Waals surface area contributed by atoms with Gasteiger partial charge in [0.25, 0.3) is 11.5 Å². The zero-order valence-electron chi connectivity index (χ0n) is 18.7. The van der Waals surface area contributed by atoms with Crippen LogP contribution in [0.4, 0.5) is 5.69 Å². The normalized spacial score (nSPS) is 17.8. The fourth-order valence-electron chi connectivity index (χ4n) is 5.26. The second-order valence-electron chi connectivity index (χ2n) is 9.16. The molecule has 34 heavy (non-hydrogen) atoms. The average Bonchev–Trinajstić information content (AvgIpc) is 3.50. The number of aromatic nitrogens is 2. The molecule has 0 spiro atoms. The summed E-state index contributed by atoms with van der Waals surface area (Å²) >= 11 is 2.99. The zero-order chi connectivity index (χ0) is 23.2. The number of hydrogen-bond acceptors (Lipinski definition) is 7. The SMILES string of the molecule is O=C1COc2ccc(C(=O)CSc3nc4sc5c(c4c(=O)n3C3CCCC3)CCCC5)cc2N1. The molecule has 176 valence electrons. The predicted molar refractivity (Wildman–Crippen MR) is 134 cm³/mol. The second kappa shape index (κ2) is 8.85. The molecule has 0 bridgehead atoms. The van der Waals surface area contributed by atoms with Crippen LogP contribution in [0.1, 0.15) is 65.4 Å². The third-order valence-electron chi connectivity index (χ3n) is 6.95. The van der Waals surface area contributed by atoms with Crippen LogP contribution in [0.3, 0.4) is 0 Å². The highest BCUT2D eigenvalue weighted by molar-refractivity contribution is 7.99. The van der Waals surface area contributed by atoms with Gasteiger partial charge in [-0.1, -0.05) is 24.6 Å². The third-order valence-corrected chi connectivity index (χ3v) is 9.08. The van der Waals surface area contributed by atoms with E-state index < -0.39 is 0 Å². The number of aryl methyl sites for hydroxylation is 2. The quantitative estimate of drug-likeness (QED) is 0.312. The maximum atomic E-state index is 13.8. The van der Waals surface area contributed by atoms with Crippen molar-refractivity contribution >= 4 is 50.7 Å². The molecule has 6 rings (SSSR count). The van der Waals surface area contributed by atoms with Crippen LogP contribution in [-0.4, -0.2) is 33.6 Å². The van der Waals surface area contributed by atoms with Gasteiger partial charge in [-0.2, -0.15) is 0 Å². The van der Waals surface area contributed by atoms with Crippen LogP contribution in [0, 0.1) is 0 Å². The highest BCUT2D eigenvalue weighted by Gasteiger charge is 2.27. The summed E-state index contributed by atoms with van der Waals surface area (Å²) in [6.45, 7) is -0.0187. The van der Waals surface area contributed by atoms with Crippen molar-refractivity contribution in [3.63, 3.8) is 0 Å². The number of carbonyl (C=O) groups excluding carboxylic acids is 2. The number of thiophene rings is 1. The van der Waals surface area contributed by atoms with Gasteiger partial charge in [0.05, 0.1) is 16.8 Å². The average molecular weight is 496 g/mol. The van der Waals surface area contributed by atoms with Gasteiger partial charge in [-0.3, -0.25) is 19.0 Å². The maximum absolute atomic E-state index is 13.8. The molecule has 3 aromatic rings. The van der Waals surface area contributed by atoms with Crippen molar-refractivity contribution in [1.82, 2.24) is 9.55 Å². The van der Waals surface area contributed by atoms with Gasteiger partial charge >= 0.3 is 0 Å². The minimum absolute atomic E-state index is 0.0187. The van der Waals surface area contributed by atoms with E-state index in [4.69, 9.17) is 9.72 Å². The number of anilines is 1. The van der Waals surface area contributed by atoms with Gasteiger partial charge < -0.3 is 10.1 Å². The predicted octanol–water partition coefficient (Wildman–Crippen LogP) is 4.76. The van der Waals surface area contributed by atoms with Crippen molar-refractivity contribution < 1.29 is 14.3 Å². The highest BCUT2D eigenvalue weighted by Crippen LogP contribution is 2.37. The van der Waals surface area contributed by atoms with Crippen LogP contribution in [-0.2, 0) is 17.6 Å². The van der Waals surface area contributed by atoms with Crippen molar-refractivity contribution in [1.29, 1.82) is 0 Å². The van der Waals surface area contributed by atoms with E-state index in [-0.39, 0.29) is 35.7 Å². The molecule has 1 N–H and O–H groups in total. The van der Waals surface area contributed by atoms with Crippen LogP contribution in [0.2, 0.25) is 0 Å². The van der Waals surface area contributed by atoms with Crippen molar-refractivity contribution in [3.8, 4) is 5.75 Å². The lowest BCUT2D eigenvalue weighted by molar-refractivity contribution is -0.118. The number of rotatable bonds is 5. The number of Topliss-reactive ketones (excluding diaryl/α,β-unsaturated/α-hetero) is 1. The molecule has 0 saturated heterocycles.